The van der Waals surface area contributed by atoms with Gasteiger partial charge in [0.2, 0.25) is 0 Å². The zero-order valence-electron chi connectivity index (χ0n) is 17.6. The van der Waals surface area contributed by atoms with Gasteiger partial charge in [-0.1, -0.05) is 24.1 Å². The largest absolute Gasteiger partial charge is 0.334 e. The van der Waals surface area contributed by atoms with Gasteiger partial charge in [-0.3, -0.25) is 10.1 Å². The van der Waals surface area contributed by atoms with Crippen LogP contribution >= 0.6 is 11.3 Å². The van der Waals surface area contributed by atoms with Crippen molar-refractivity contribution >= 4 is 34.1 Å². The summed E-state index contributed by atoms with van der Waals surface area (Å²) in [5.74, 6) is 2.31. The molecule has 1 aliphatic rings. The maximum atomic E-state index is 12.7. The topological polar surface area (TPSA) is 86.4 Å². The molecular weight excluding hydrogens is 422 g/mol. The number of urea groups is 1. The van der Waals surface area contributed by atoms with E-state index in [1.165, 1.54) is 16.2 Å². The zero-order chi connectivity index (χ0) is 22.5. The number of amides is 3. The third kappa shape index (κ3) is 5.32. The number of rotatable bonds is 5. The predicted octanol–water partition coefficient (Wildman–Crippen LogP) is 3.69. The quantitative estimate of drug-likeness (QED) is 0.523. The number of fused-ring (bicyclic) bond motifs is 1. The average Bonchev–Trinajstić information content (AvgIpc) is 3.19. The maximum Gasteiger partial charge on any atom is 0.319 e. The first-order valence-corrected chi connectivity index (χ1v) is 11.0. The first-order chi connectivity index (χ1) is 15.5. The molecule has 0 fully saturated rings. The standard InChI is InChI=1S/C24H23N5O2S/c1-3-16-6-5-9-19(13-16)26-23(31)25-14-17-7-4-8-18(12-17)22(30)28-24-27-20-10-11-29(2)15-21(20)32-24/h1,4-9,12-13H,10-11,14-15H2,2H3,(H2,25,26,31)(H,27,28,30). The molecule has 3 amide bonds. The van der Waals surface area contributed by atoms with Crippen LogP contribution in [0, 0.1) is 12.3 Å². The van der Waals surface area contributed by atoms with Crippen molar-refractivity contribution in [3.05, 3.63) is 75.8 Å². The number of hydrogen-bond donors (Lipinski definition) is 3. The Morgan fingerprint density at radius 3 is 2.88 bits per heavy atom. The number of benzene rings is 2. The number of anilines is 2. The molecule has 0 radical (unpaired) electrons. The minimum Gasteiger partial charge on any atom is -0.334 e. The lowest BCUT2D eigenvalue weighted by atomic mass is 10.1. The summed E-state index contributed by atoms with van der Waals surface area (Å²) in [4.78, 5) is 32.9. The molecule has 0 unspecified atom stereocenters. The van der Waals surface area contributed by atoms with E-state index in [4.69, 9.17) is 6.42 Å². The van der Waals surface area contributed by atoms with Gasteiger partial charge in [-0.25, -0.2) is 9.78 Å². The predicted molar refractivity (Wildman–Crippen MR) is 127 cm³/mol. The van der Waals surface area contributed by atoms with E-state index in [9.17, 15) is 9.59 Å². The van der Waals surface area contributed by atoms with Crippen molar-refractivity contribution in [3.8, 4) is 12.3 Å². The molecule has 2 heterocycles. The average molecular weight is 446 g/mol. The second-order valence-corrected chi connectivity index (χ2v) is 8.65. The number of terminal acetylenes is 1. The first kappa shape index (κ1) is 21.6. The van der Waals surface area contributed by atoms with Gasteiger partial charge in [0.1, 0.15) is 0 Å². The fourth-order valence-corrected chi connectivity index (χ4v) is 4.50. The van der Waals surface area contributed by atoms with Gasteiger partial charge >= 0.3 is 6.03 Å². The minimum absolute atomic E-state index is 0.221. The lowest BCUT2D eigenvalue weighted by Gasteiger charge is -2.20. The van der Waals surface area contributed by atoms with E-state index >= 15 is 0 Å². The number of carbonyl (C=O) groups is 2. The number of carbonyl (C=O) groups excluding carboxylic acids is 2. The molecule has 0 aliphatic carbocycles. The van der Waals surface area contributed by atoms with Gasteiger partial charge in [0.25, 0.3) is 5.91 Å². The van der Waals surface area contributed by atoms with Crippen LogP contribution in [0.1, 0.15) is 32.1 Å². The fraction of sp³-hybridized carbons (Fsp3) is 0.208. The molecule has 162 valence electrons. The molecule has 0 atom stereocenters. The summed E-state index contributed by atoms with van der Waals surface area (Å²) in [6, 6.07) is 13.9. The highest BCUT2D eigenvalue weighted by atomic mass is 32.1. The van der Waals surface area contributed by atoms with Crippen LogP contribution in [0.4, 0.5) is 15.6 Å². The van der Waals surface area contributed by atoms with Crippen molar-refractivity contribution in [2.24, 2.45) is 0 Å². The number of nitrogens with zero attached hydrogens (tertiary/aromatic N) is 2. The van der Waals surface area contributed by atoms with Crippen LogP contribution < -0.4 is 16.0 Å². The van der Waals surface area contributed by atoms with Crippen LogP contribution in [0.2, 0.25) is 0 Å². The highest BCUT2D eigenvalue weighted by Crippen LogP contribution is 2.28. The lowest BCUT2D eigenvalue weighted by Crippen LogP contribution is -2.28. The van der Waals surface area contributed by atoms with E-state index < -0.39 is 0 Å². The molecule has 1 aliphatic heterocycles. The number of hydrogen-bond acceptors (Lipinski definition) is 5. The van der Waals surface area contributed by atoms with E-state index in [2.05, 4.69) is 38.8 Å². The fourth-order valence-electron chi connectivity index (χ4n) is 3.41. The van der Waals surface area contributed by atoms with Gasteiger partial charge in [-0.2, -0.15) is 0 Å². The molecule has 0 saturated heterocycles. The van der Waals surface area contributed by atoms with Crippen molar-refractivity contribution < 1.29 is 9.59 Å². The van der Waals surface area contributed by atoms with Crippen molar-refractivity contribution in [3.63, 3.8) is 0 Å². The Bertz CT molecular complexity index is 1200. The SMILES string of the molecule is C#Cc1cccc(NC(=O)NCc2cccc(C(=O)Nc3nc4c(s3)CN(C)CC4)c2)c1. The Balaban J connectivity index is 1.34. The van der Waals surface area contributed by atoms with E-state index in [0.29, 0.717) is 21.9 Å². The molecule has 4 rings (SSSR count). The first-order valence-electron chi connectivity index (χ1n) is 10.2. The Morgan fingerprint density at radius 1 is 1.19 bits per heavy atom. The molecular formula is C24H23N5O2S. The van der Waals surface area contributed by atoms with Crippen LogP contribution in [0.5, 0.6) is 0 Å². The van der Waals surface area contributed by atoms with E-state index in [1.54, 1.807) is 42.5 Å². The molecule has 7 nitrogen and oxygen atoms in total. The molecule has 3 aromatic rings. The van der Waals surface area contributed by atoms with Crippen molar-refractivity contribution in [2.45, 2.75) is 19.5 Å². The number of likely N-dealkylation sites (N-methyl/N-ethyl adjacent to an activating group) is 1. The van der Waals surface area contributed by atoms with Crippen molar-refractivity contribution in [1.29, 1.82) is 0 Å². The zero-order valence-corrected chi connectivity index (χ0v) is 18.5. The van der Waals surface area contributed by atoms with Crippen LogP contribution in [0.25, 0.3) is 0 Å². The van der Waals surface area contributed by atoms with Crippen LogP contribution in [0.15, 0.2) is 48.5 Å². The summed E-state index contributed by atoms with van der Waals surface area (Å²) in [6.07, 6.45) is 6.28. The van der Waals surface area contributed by atoms with Crippen molar-refractivity contribution in [1.82, 2.24) is 15.2 Å². The van der Waals surface area contributed by atoms with E-state index in [-0.39, 0.29) is 18.5 Å². The van der Waals surface area contributed by atoms with Crippen LogP contribution in [-0.2, 0) is 19.5 Å². The normalized spacial score (nSPS) is 13.0. The summed E-state index contributed by atoms with van der Waals surface area (Å²) >= 11 is 1.52. The minimum atomic E-state index is -0.354. The monoisotopic (exact) mass is 445 g/mol. The highest BCUT2D eigenvalue weighted by Gasteiger charge is 2.19. The number of aromatic nitrogens is 1. The third-order valence-electron chi connectivity index (χ3n) is 5.07. The Labute approximate surface area is 190 Å². The summed E-state index contributed by atoms with van der Waals surface area (Å²) in [6.45, 7) is 2.11. The Hall–Kier alpha value is -3.67. The van der Waals surface area contributed by atoms with Gasteiger partial charge in [0.15, 0.2) is 5.13 Å². The number of thiazole rings is 1. The van der Waals surface area contributed by atoms with Crippen molar-refractivity contribution in [2.75, 3.05) is 24.2 Å². The highest BCUT2D eigenvalue weighted by molar-refractivity contribution is 7.15. The summed E-state index contributed by atoms with van der Waals surface area (Å²) < 4.78 is 0. The van der Waals surface area contributed by atoms with Gasteiger partial charge in [0.05, 0.1) is 5.69 Å². The molecule has 8 heteroatoms. The second-order valence-electron chi connectivity index (χ2n) is 7.56. The molecule has 32 heavy (non-hydrogen) atoms. The third-order valence-corrected chi connectivity index (χ3v) is 6.07. The summed E-state index contributed by atoms with van der Waals surface area (Å²) in [5, 5.41) is 9.06. The molecule has 1 aromatic heterocycles. The van der Waals surface area contributed by atoms with E-state index in [1.807, 2.05) is 6.07 Å². The van der Waals surface area contributed by atoms with Crippen LogP contribution in [-0.4, -0.2) is 35.4 Å². The molecule has 0 saturated carbocycles. The van der Waals surface area contributed by atoms with Gasteiger partial charge in [-0.05, 0) is 42.9 Å². The van der Waals surface area contributed by atoms with Gasteiger partial charge in [0, 0.05) is 47.7 Å². The Morgan fingerprint density at radius 2 is 2.03 bits per heavy atom. The van der Waals surface area contributed by atoms with Crippen LogP contribution in [0.3, 0.4) is 0 Å². The van der Waals surface area contributed by atoms with E-state index in [0.717, 1.165) is 30.8 Å². The maximum absolute atomic E-state index is 12.7. The molecule has 0 bridgehead atoms. The summed E-state index contributed by atoms with van der Waals surface area (Å²) in [5.41, 5.74) is 3.69. The van der Waals surface area contributed by atoms with Gasteiger partial charge in [-0.15, -0.1) is 17.8 Å². The molecule has 2 aromatic carbocycles. The van der Waals surface area contributed by atoms with Gasteiger partial charge < -0.3 is 15.5 Å². The lowest BCUT2D eigenvalue weighted by molar-refractivity contribution is 0.102. The summed E-state index contributed by atoms with van der Waals surface area (Å²) in [7, 11) is 2.08. The Kier molecular flexibility index (Phi) is 6.50. The molecule has 3 N–H and O–H groups in total. The second kappa shape index (κ2) is 9.64. The molecule has 0 spiro atoms. The smallest absolute Gasteiger partial charge is 0.319 e. The number of nitrogens with one attached hydrogen (secondary N) is 3.